The van der Waals surface area contributed by atoms with E-state index in [1.54, 1.807) is 17.7 Å². The molecule has 1 nitrogen and oxygen atoms in total. The maximum absolute atomic E-state index is 13.3. The molecule has 0 heterocycles. The first kappa shape index (κ1) is 15.2. The van der Waals surface area contributed by atoms with Crippen LogP contribution in [0.4, 0.5) is 4.39 Å². The number of halogens is 1. The molecule has 1 atom stereocenters. The van der Waals surface area contributed by atoms with E-state index in [0.29, 0.717) is 6.04 Å². The van der Waals surface area contributed by atoms with E-state index in [-0.39, 0.29) is 5.82 Å². The summed E-state index contributed by atoms with van der Waals surface area (Å²) in [5.74, 6) is -0.131. The molecule has 0 spiro atoms. The third kappa shape index (κ3) is 5.09. The molecule has 1 aliphatic rings. The standard InChI is InChI=1S/C18H26FN/c1-2-11-20-18(13-15-7-4-3-5-8-15)14-16-9-6-10-17(19)12-16/h6-7,9-10,12,18,20H,2-5,8,11,13-14H2,1H3. The van der Waals surface area contributed by atoms with Gasteiger partial charge in [0.25, 0.3) is 0 Å². The van der Waals surface area contributed by atoms with Crippen LogP contribution in [0.5, 0.6) is 0 Å². The number of nitrogens with one attached hydrogen (secondary N) is 1. The van der Waals surface area contributed by atoms with Crippen molar-refractivity contribution in [1.29, 1.82) is 0 Å². The predicted octanol–water partition coefficient (Wildman–Crippen LogP) is 4.63. The molecule has 1 aromatic rings. The lowest BCUT2D eigenvalue weighted by atomic mass is 9.92. The van der Waals surface area contributed by atoms with Gasteiger partial charge < -0.3 is 5.32 Å². The minimum absolute atomic E-state index is 0.131. The maximum Gasteiger partial charge on any atom is 0.123 e. The summed E-state index contributed by atoms with van der Waals surface area (Å²) in [6.07, 6.45) is 10.7. The summed E-state index contributed by atoms with van der Waals surface area (Å²) in [4.78, 5) is 0. The van der Waals surface area contributed by atoms with E-state index < -0.39 is 0 Å². The van der Waals surface area contributed by atoms with Crippen LogP contribution in [0.3, 0.4) is 0 Å². The second-order valence-corrected chi connectivity index (χ2v) is 5.80. The van der Waals surface area contributed by atoms with Crippen molar-refractivity contribution < 1.29 is 4.39 Å². The first-order chi connectivity index (χ1) is 9.78. The average molecular weight is 275 g/mol. The fourth-order valence-corrected chi connectivity index (χ4v) is 2.92. The molecule has 20 heavy (non-hydrogen) atoms. The van der Waals surface area contributed by atoms with Crippen LogP contribution >= 0.6 is 0 Å². The van der Waals surface area contributed by atoms with Crippen molar-refractivity contribution in [3.63, 3.8) is 0 Å². The van der Waals surface area contributed by atoms with E-state index in [1.165, 1.54) is 31.7 Å². The normalized spacial score (nSPS) is 16.8. The van der Waals surface area contributed by atoms with E-state index in [4.69, 9.17) is 0 Å². The van der Waals surface area contributed by atoms with E-state index >= 15 is 0 Å². The van der Waals surface area contributed by atoms with Crippen molar-refractivity contribution in [3.8, 4) is 0 Å². The van der Waals surface area contributed by atoms with E-state index in [0.717, 1.165) is 31.4 Å². The van der Waals surface area contributed by atoms with Crippen LogP contribution in [0.1, 0.15) is 51.0 Å². The molecule has 0 radical (unpaired) electrons. The Morgan fingerprint density at radius 3 is 2.85 bits per heavy atom. The maximum atomic E-state index is 13.3. The van der Waals surface area contributed by atoms with Crippen molar-refractivity contribution in [2.24, 2.45) is 0 Å². The summed E-state index contributed by atoms with van der Waals surface area (Å²) in [7, 11) is 0. The second-order valence-electron chi connectivity index (χ2n) is 5.80. The Labute approximate surface area is 122 Å². The minimum atomic E-state index is -0.131. The SMILES string of the molecule is CCCNC(CC1=CCCCC1)Cc1cccc(F)c1. The van der Waals surface area contributed by atoms with Gasteiger partial charge in [0.2, 0.25) is 0 Å². The molecule has 0 amide bonds. The Hall–Kier alpha value is -1.15. The molecule has 0 aliphatic heterocycles. The Morgan fingerprint density at radius 1 is 1.25 bits per heavy atom. The quantitative estimate of drug-likeness (QED) is 0.716. The lowest BCUT2D eigenvalue weighted by Crippen LogP contribution is -2.32. The van der Waals surface area contributed by atoms with Gasteiger partial charge in [-0.1, -0.05) is 30.7 Å². The molecule has 1 aliphatic carbocycles. The highest BCUT2D eigenvalue weighted by Gasteiger charge is 2.13. The topological polar surface area (TPSA) is 12.0 Å². The Balaban J connectivity index is 1.97. The second kappa shape index (κ2) is 8.21. The number of rotatable bonds is 7. The Morgan fingerprint density at radius 2 is 2.15 bits per heavy atom. The zero-order chi connectivity index (χ0) is 14.2. The monoisotopic (exact) mass is 275 g/mol. The number of hydrogen-bond acceptors (Lipinski definition) is 1. The number of allylic oxidation sites excluding steroid dienone is 1. The van der Waals surface area contributed by atoms with E-state index in [9.17, 15) is 4.39 Å². The zero-order valence-corrected chi connectivity index (χ0v) is 12.5. The molecule has 1 N–H and O–H groups in total. The van der Waals surface area contributed by atoms with Crippen LogP contribution in [0.25, 0.3) is 0 Å². The summed E-state index contributed by atoms with van der Waals surface area (Å²) in [5, 5.41) is 3.62. The Bertz CT molecular complexity index is 439. The van der Waals surface area contributed by atoms with Crippen molar-refractivity contribution in [2.45, 2.75) is 57.9 Å². The van der Waals surface area contributed by atoms with Gasteiger partial charge in [0, 0.05) is 6.04 Å². The molecule has 1 unspecified atom stereocenters. The van der Waals surface area contributed by atoms with Gasteiger partial charge >= 0.3 is 0 Å². The van der Waals surface area contributed by atoms with E-state index in [1.807, 2.05) is 6.07 Å². The summed E-state index contributed by atoms with van der Waals surface area (Å²) < 4.78 is 13.3. The van der Waals surface area contributed by atoms with Gasteiger partial charge in [0.05, 0.1) is 0 Å². The fraction of sp³-hybridized carbons (Fsp3) is 0.556. The summed E-state index contributed by atoms with van der Waals surface area (Å²) in [6.45, 7) is 3.22. The summed E-state index contributed by atoms with van der Waals surface area (Å²) in [5.41, 5.74) is 2.68. The van der Waals surface area contributed by atoms with Crippen LogP contribution in [-0.2, 0) is 6.42 Å². The Kier molecular flexibility index (Phi) is 6.25. The molecule has 0 saturated heterocycles. The highest BCUT2D eigenvalue weighted by molar-refractivity contribution is 5.18. The average Bonchev–Trinajstić information content (AvgIpc) is 2.46. The van der Waals surface area contributed by atoms with Crippen molar-refractivity contribution in [1.82, 2.24) is 5.32 Å². The van der Waals surface area contributed by atoms with Gasteiger partial charge in [-0.15, -0.1) is 0 Å². The molecular weight excluding hydrogens is 249 g/mol. The molecule has 0 fully saturated rings. The highest BCUT2D eigenvalue weighted by atomic mass is 19.1. The van der Waals surface area contributed by atoms with Crippen LogP contribution in [0.15, 0.2) is 35.9 Å². The van der Waals surface area contributed by atoms with Crippen LogP contribution in [0, 0.1) is 5.82 Å². The molecule has 0 aromatic heterocycles. The van der Waals surface area contributed by atoms with Gasteiger partial charge in [0.1, 0.15) is 5.82 Å². The summed E-state index contributed by atoms with van der Waals surface area (Å²) >= 11 is 0. The smallest absolute Gasteiger partial charge is 0.123 e. The number of benzene rings is 1. The molecule has 110 valence electrons. The number of hydrogen-bond donors (Lipinski definition) is 1. The molecule has 0 saturated carbocycles. The first-order valence-electron chi connectivity index (χ1n) is 7.93. The predicted molar refractivity (Wildman–Crippen MR) is 83.4 cm³/mol. The first-order valence-corrected chi connectivity index (χ1v) is 7.93. The van der Waals surface area contributed by atoms with Gasteiger partial charge in [0.15, 0.2) is 0 Å². The van der Waals surface area contributed by atoms with Crippen molar-refractivity contribution in [2.75, 3.05) is 6.54 Å². The third-order valence-corrected chi connectivity index (χ3v) is 3.95. The van der Waals surface area contributed by atoms with Gasteiger partial charge in [-0.3, -0.25) is 0 Å². The van der Waals surface area contributed by atoms with Gasteiger partial charge in [-0.05, 0) is 69.2 Å². The van der Waals surface area contributed by atoms with Crippen molar-refractivity contribution >= 4 is 0 Å². The van der Waals surface area contributed by atoms with Crippen LogP contribution in [0.2, 0.25) is 0 Å². The van der Waals surface area contributed by atoms with Gasteiger partial charge in [-0.25, -0.2) is 4.39 Å². The lowest BCUT2D eigenvalue weighted by Gasteiger charge is -2.22. The van der Waals surface area contributed by atoms with Crippen molar-refractivity contribution in [3.05, 3.63) is 47.3 Å². The fourth-order valence-electron chi connectivity index (χ4n) is 2.92. The molecule has 2 rings (SSSR count). The van der Waals surface area contributed by atoms with Crippen LogP contribution < -0.4 is 5.32 Å². The lowest BCUT2D eigenvalue weighted by molar-refractivity contribution is 0.489. The third-order valence-electron chi connectivity index (χ3n) is 3.95. The van der Waals surface area contributed by atoms with Crippen LogP contribution in [-0.4, -0.2) is 12.6 Å². The summed E-state index contributed by atoms with van der Waals surface area (Å²) in [6, 6.07) is 7.44. The minimum Gasteiger partial charge on any atom is -0.313 e. The van der Waals surface area contributed by atoms with E-state index in [2.05, 4.69) is 18.3 Å². The molecule has 2 heteroatoms. The van der Waals surface area contributed by atoms with Gasteiger partial charge in [-0.2, -0.15) is 0 Å². The zero-order valence-electron chi connectivity index (χ0n) is 12.5. The molecule has 1 aromatic carbocycles. The molecule has 0 bridgehead atoms. The molecular formula is C18H26FN. The largest absolute Gasteiger partial charge is 0.313 e. The highest BCUT2D eigenvalue weighted by Crippen LogP contribution is 2.22.